The van der Waals surface area contributed by atoms with Gasteiger partial charge < -0.3 is 14.5 Å². The summed E-state index contributed by atoms with van der Waals surface area (Å²) in [5.74, 6) is -0.304. The van der Waals surface area contributed by atoms with Crippen molar-refractivity contribution in [2.24, 2.45) is 0 Å². The molecular formula is C20H17NO3. The lowest BCUT2D eigenvalue weighted by Crippen LogP contribution is -2.28. The zero-order valence-electron chi connectivity index (χ0n) is 13.3. The second-order valence-electron chi connectivity index (χ2n) is 5.78. The molecule has 4 nitrogen and oxygen atoms in total. The fourth-order valence-corrected chi connectivity index (χ4v) is 3.11. The number of esters is 1. The fraction of sp³-hybridized carbons (Fsp3) is 0.150. The number of para-hydroxylation sites is 1. The molecule has 1 aliphatic rings. The topological polar surface area (TPSA) is 51.5 Å². The highest BCUT2D eigenvalue weighted by atomic mass is 16.5. The number of hydrogen-bond donors (Lipinski definition) is 1. The van der Waals surface area contributed by atoms with Crippen molar-refractivity contribution in [2.45, 2.75) is 12.5 Å². The number of benzene rings is 2. The average Bonchev–Trinajstić information content (AvgIpc) is 2.99. The first-order chi connectivity index (χ1) is 11.8. The van der Waals surface area contributed by atoms with E-state index in [-0.39, 0.29) is 12.0 Å². The van der Waals surface area contributed by atoms with Crippen LogP contribution in [0.4, 0.5) is 5.69 Å². The van der Waals surface area contributed by atoms with Crippen LogP contribution in [0.15, 0.2) is 70.7 Å². The summed E-state index contributed by atoms with van der Waals surface area (Å²) < 4.78 is 10.8. The molecule has 0 bridgehead atoms. The summed E-state index contributed by atoms with van der Waals surface area (Å²) in [6.45, 7) is 0. The summed E-state index contributed by atoms with van der Waals surface area (Å²) >= 11 is 0. The third kappa shape index (κ3) is 2.46. The van der Waals surface area contributed by atoms with Crippen LogP contribution < -0.4 is 5.32 Å². The van der Waals surface area contributed by atoms with Gasteiger partial charge in [-0.2, -0.15) is 0 Å². The van der Waals surface area contributed by atoms with Crippen molar-refractivity contribution in [2.75, 3.05) is 12.4 Å². The van der Waals surface area contributed by atoms with E-state index in [9.17, 15) is 4.79 Å². The van der Waals surface area contributed by atoms with Gasteiger partial charge in [-0.15, -0.1) is 0 Å². The van der Waals surface area contributed by atoms with E-state index in [2.05, 4.69) is 11.4 Å². The summed E-state index contributed by atoms with van der Waals surface area (Å²) in [4.78, 5) is 11.9. The second-order valence-corrected chi connectivity index (χ2v) is 5.78. The Balaban J connectivity index is 1.67. The van der Waals surface area contributed by atoms with Crippen molar-refractivity contribution in [3.8, 4) is 0 Å². The molecule has 24 heavy (non-hydrogen) atoms. The number of nitrogens with one attached hydrogen (secondary N) is 1. The normalized spacial score (nSPS) is 17.0. The fourth-order valence-electron chi connectivity index (χ4n) is 3.11. The monoisotopic (exact) mass is 319 g/mol. The van der Waals surface area contributed by atoms with Crippen molar-refractivity contribution in [1.82, 2.24) is 0 Å². The molecule has 120 valence electrons. The summed E-state index contributed by atoms with van der Waals surface area (Å²) in [6, 6.07) is 13.9. The Morgan fingerprint density at radius 1 is 1.17 bits per heavy atom. The Labute approximate surface area is 139 Å². The zero-order chi connectivity index (χ0) is 16.5. The van der Waals surface area contributed by atoms with Gasteiger partial charge in [0.15, 0.2) is 0 Å². The van der Waals surface area contributed by atoms with Crippen molar-refractivity contribution in [3.63, 3.8) is 0 Å². The molecule has 1 aliphatic carbocycles. The summed E-state index contributed by atoms with van der Waals surface area (Å²) in [5, 5.41) is 5.60. The standard InChI is InChI=1S/C20H17NO3/c1-23-20(22)16-7-2-4-8-17(16)21-13-10-11-15-14-6-3-5-9-18(14)24-19(15)12-13/h2-7,9-12,17,21H,8H2,1H3. The summed E-state index contributed by atoms with van der Waals surface area (Å²) in [7, 11) is 1.40. The smallest absolute Gasteiger partial charge is 0.335 e. The number of carbonyl (C=O) groups is 1. The molecule has 4 heteroatoms. The van der Waals surface area contributed by atoms with E-state index in [4.69, 9.17) is 9.15 Å². The molecule has 0 aliphatic heterocycles. The first kappa shape index (κ1) is 14.6. The first-order valence-electron chi connectivity index (χ1n) is 7.89. The lowest BCUT2D eigenvalue weighted by molar-refractivity contribution is -0.136. The van der Waals surface area contributed by atoms with Crippen LogP contribution in [0.25, 0.3) is 21.9 Å². The number of rotatable bonds is 3. The first-order valence-corrected chi connectivity index (χ1v) is 7.89. The summed E-state index contributed by atoms with van der Waals surface area (Å²) in [6.07, 6.45) is 6.45. The van der Waals surface area contributed by atoms with Crippen LogP contribution >= 0.6 is 0 Å². The molecule has 1 heterocycles. The van der Waals surface area contributed by atoms with Gasteiger partial charge in [0.2, 0.25) is 0 Å². The van der Waals surface area contributed by atoms with Gasteiger partial charge in [0.1, 0.15) is 11.2 Å². The van der Waals surface area contributed by atoms with Gasteiger partial charge in [0.05, 0.1) is 18.7 Å². The van der Waals surface area contributed by atoms with E-state index in [1.807, 2.05) is 48.6 Å². The van der Waals surface area contributed by atoms with E-state index in [0.717, 1.165) is 34.0 Å². The van der Waals surface area contributed by atoms with Crippen molar-refractivity contribution in [1.29, 1.82) is 0 Å². The Morgan fingerprint density at radius 2 is 2.00 bits per heavy atom. The van der Waals surface area contributed by atoms with Gasteiger partial charge in [-0.25, -0.2) is 4.79 Å². The predicted molar refractivity (Wildman–Crippen MR) is 95.0 cm³/mol. The number of furan rings is 1. The van der Waals surface area contributed by atoms with Gasteiger partial charge in [-0.3, -0.25) is 0 Å². The van der Waals surface area contributed by atoms with Crippen LogP contribution in [0.5, 0.6) is 0 Å². The number of fused-ring (bicyclic) bond motifs is 3. The highest BCUT2D eigenvalue weighted by Crippen LogP contribution is 2.31. The molecule has 3 aromatic rings. The van der Waals surface area contributed by atoms with Crippen LogP contribution in [0.3, 0.4) is 0 Å². The van der Waals surface area contributed by atoms with E-state index >= 15 is 0 Å². The maximum atomic E-state index is 11.9. The van der Waals surface area contributed by atoms with Gasteiger partial charge >= 0.3 is 5.97 Å². The van der Waals surface area contributed by atoms with Gasteiger partial charge in [-0.1, -0.05) is 30.4 Å². The zero-order valence-corrected chi connectivity index (χ0v) is 13.3. The molecule has 0 fully saturated rings. The number of carbonyl (C=O) groups excluding carboxylic acids is 1. The second kappa shape index (κ2) is 5.89. The Morgan fingerprint density at radius 3 is 2.88 bits per heavy atom. The lowest BCUT2D eigenvalue weighted by Gasteiger charge is -2.22. The Bertz CT molecular complexity index is 981. The largest absolute Gasteiger partial charge is 0.466 e. The number of methoxy groups -OCH3 is 1. The molecular weight excluding hydrogens is 302 g/mol. The minimum atomic E-state index is -0.304. The van der Waals surface area contributed by atoms with Crippen molar-refractivity contribution in [3.05, 3.63) is 66.3 Å². The van der Waals surface area contributed by atoms with Crippen LogP contribution in [-0.2, 0) is 9.53 Å². The number of ether oxygens (including phenoxy) is 1. The molecule has 1 atom stereocenters. The molecule has 0 amide bonds. The molecule has 0 spiro atoms. The molecule has 4 rings (SSSR count). The van der Waals surface area contributed by atoms with E-state index < -0.39 is 0 Å². The quantitative estimate of drug-likeness (QED) is 0.726. The van der Waals surface area contributed by atoms with Gasteiger partial charge in [0.25, 0.3) is 0 Å². The molecule has 1 N–H and O–H groups in total. The molecule has 1 unspecified atom stereocenters. The lowest BCUT2D eigenvalue weighted by atomic mass is 9.98. The van der Waals surface area contributed by atoms with E-state index in [1.165, 1.54) is 7.11 Å². The maximum Gasteiger partial charge on any atom is 0.335 e. The number of hydrogen-bond acceptors (Lipinski definition) is 4. The minimum Gasteiger partial charge on any atom is -0.466 e. The van der Waals surface area contributed by atoms with E-state index in [1.54, 1.807) is 6.08 Å². The number of anilines is 1. The van der Waals surface area contributed by atoms with Gasteiger partial charge in [0, 0.05) is 22.5 Å². The molecule has 1 aromatic heterocycles. The summed E-state index contributed by atoms with van der Waals surface area (Å²) in [5.41, 5.74) is 3.25. The van der Waals surface area contributed by atoms with Crippen molar-refractivity contribution < 1.29 is 13.9 Å². The Hall–Kier alpha value is -3.01. The average molecular weight is 319 g/mol. The number of allylic oxidation sites excluding steroid dienone is 2. The SMILES string of the molecule is COC(=O)C1=CC=CCC1Nc1ccc2c(c1)oc1ccccc12. The highest BCUT2D eigenvalue weighted by molar-refractivity contribution is 6.05. The maximum absolute atomic E-state index is 11.9. The third-order valence-electron chi connectivity index (χ3n) is 4.30. The van der Waals surface area contributed by atoms with Crippen LogP contribution in [0.2, 0.25) is 0 Å². The third-order valence-corrected chi connectivity index (χ3v) is 4.30. The molecule has 2 aromatic carbocycles. The molecule has 0 saturated carbocycles. The highest BCUT2D eigenvalue weighted by Gasteiger charge is 2.22. The van der Waals surface area contributed by atoms with Crippen LogP contribution in [-0.4, -0.2) is 19.1 Å². The van der Waals surface area contributed by atoms with Crippen molar-refractivity contribution >= 4 is 33.6 Å². The molecule has 0 saturated heterocycles. The Kier molecular flexibility index (Phi) is 3.58. The molecule has 0 radical (unpaired) electrons. The van der Waals surface area contributed by atoms with Crippen LogP contribution in [0, 0.1) is 0 Å². The van der Waals surface area contributed by atoms with Crippen LogP contribution in [0.1, 0.15) is 6.42 Å². The minimum absolute atomic E-state index is 0.107. The predicted octanol–water partition coefficient (Wildman–Crippen LogP) is 4.43. The van der Waals surface area contributed by atoms with Gasteiger partial charge in [-0.05, 0) is 30.7 Å². The van der Waals surface area contributed by atoms with E-state index in [0.29, 0.717) is 5.57 Å².